The molecule has 8 heteroatoms. The van der Waals surface area contributed by atoms with Gasteiger partial charge >= 0.3 is 6.03 Å². The number of hydrogen-bond acceptors (Lipinski definition) is 6. The molecule has 8 nitrogen and oxygen atoms in total. The van der Waals surface area contributed by atoms with E-state index in [0.717, 1.165) is 17.1 Å². The number of ether oxygens (including phenoxy) is 1. The van der Waals surface area contributed by atoms with Gasteiger partial charge in [-0.15, -0.1) is 0 Å². The number of rotatable bonds is 7. The molecule has 0 unspecified atom stereocenters. The Morgan fingerprint density at radius 3 is 2.15 bits per heavy atom. The van der Waals surface area contributed by atoms with E-state index in [2.05, 4.69) is 31.2 Å². The molecule has 0 spiro atoms. The Morgan fingerprint density at radius 2 is 1.41 bits per heavy atom. The lowest BCUT2D eigenvalue weighted by Crippen LogP contribution is -2.19. The molecule has 0 atom stereocenters. The molecule has 1 aromatic heterocycles. The van der Waals surface area contributed by atoms with Crippen molar-refractivity contribution in [2.24, 2.45) is 0 Å². The third kappa shape index (κ3) is 6.01. The molecule has 0 radical (unpaired) electrons. The maximum atomic E-state index is 12.3. The molecule has 4 N–H and O–H groups in total. The topological polar surface area (TPSA) is 100 Å². The van der Waals surface area contributed by atoms with Gasteiger partial charge in [-0.1, -0.05) is 29.8 Å². The highest BCUT2D eigenvalue weighted by molar-refractivity contribution is 6.00. The number of urea groups is 1. The molecule has 0 aliphatic rings. The molecule has 34 heavy (non-hydrogen) atoms. The first-order valence-electron chi connectivity index (χ1n) is 10.8. The molecule has 0 aliphatic heterocycles. The molecule has 0 aliphatic carbocycles. The fraction of sp³-hybridized carbons (Fsp3) is 0.115. The van der Waals surface area contributed by atoms with Gasteiger partial charge in [0.2, 0.25) is 5.95 Å². The van der Waals surface area contributed by atoms with Gasteiger partial charge in [0, 0.05) is 28.8 Å². The monoisotopic (exact) mass is 454 g/mol. The number of nitrogens with one attached hydrogen (secondary N) is 4. The Labute approximate surface area is 198 Å². The fourth-order valence-electron chi connectivity index (χ4n) is 3.27. The van der Waals surface area contributed by atoms with Gasteiger partial charge in [0.1, 0.15) is 11.6 Å². The molecule has 0 bridgehead atoms. The van der Waals surface area contributed by atoms with E-state index in [0.29, 0.717) is 28.9 Å². The van der Waals surface area contributed by atoms with Gasteiger partial charge in [0.05, 0.1) is 12.8 Å². The first kappa shape index (κ1) is 22.6. The molecular weight excluding hydrogens is 428 g/mol. The van der Waals surface area contributed by atoms with Crippen molar-refractivity contribution in [1.29, 1.82) is 0 Å². The van der Waals surface area contributed by atoms with Crippen LogP contribution in [0.2, 0.25) is 0 Å². The number of hydrogen-bond donors (Lipinski definition) is 4. The number of benzene rings is 3. The van der Waals surface area contributed by atoms with E-state index in [9.17, 15) is 4.79 Å². The summed E-state index contributed by atoms with van der Waals surface area (Å²) in [5.74, 6) is 1.76. The van der Waals surface area contributed by atoms with Crippen LogP contribution in [0.4, 0.5) is 39.3 Å². The van der Waals surface area contributed by atoms with Gasteiger partial charge in [0.15, 0.2) is 0 Å². The lowest BCUT2D eigenvalue weighted by Gasteiger charge is -2.12. The van der Waals surface area contributed by atoms with Crippen LogP contribution in [0.1, 0.15) is 11.3 Å². The van der Waals surface area contributed by atoms with Crippen molar-refractivity contribution in [3.63, 3.8) is 0 Å². The van der Waals surface area contributed by atoms with Crippen LogP contribution < -0.4 is 26.0 Å². The van der Waals surface area contributed by atoms with Crippen molar-refractivity contribution in [3.8, 4) is 5.75 Å². The SMILES string of the molecule is COc1ccccc1NC(=O)Nc1ccc(Nc2nc(C)cc(Nc3ccc(C)cc3)n2)cc1. The highest BCUT2D eigenvalue weighted by Gasteiger charge is 2.08. The first-order chi connectivity index (χ1) is 16.5. The number of methoxy groups -OCH3 is 1. The molecule has 2 amide bonds. The third-order valence-corrected chi connectivity index (χ3v) is 4.93. The van der Waals surface area contributed by atoms with Crippen molar-refractivity contribution < 1.29 is 9.53 Å². The summed E-state index contributed by atoms with van der Waals surface area (Å²) >= 11 is 0. The Bertz CT molecular complexity index is 1270. The third-order valence-electron chi connectivity index (χ3n) is 4.93. The molecule has 172 valence electrons. The quantitative estimate of drug-likeness (QED) is 0.264. The molecular formula is C26H26N6O2. The van der Waals surface area contributed by atoms with Crippen LogP contribution in [-0.4, -0.2) is 23.1 Å². The number of aromatic nitrogens is 2. The summed E-state index contributed by atoms with van der Waals surface area (Å²) in [6.07, 6.45) is 0. The molecule has 3 aromatic carbocycles. The number of aryl methyl sites for hydroxylation is 2. The number of carbonyl (C=O) groups is 1. The Morgan fingerprint density at radius 1 is 0.765 bits per heavy atom. The van der Waals surface area contributed by atoms with E-state index in [4.69, 9.17) is 4.74 Å². The molecule has 4 aromatic rings. The number of para-hydroxylation sites is 2. The first-order valence-corrected chi connectivity index (χ1v) is 10.8. The summed E-state index contributed by atoms with van der Waals surface area (Å²) in [6, 6.07) is 24.1. The van der Waals surface area contributed by atoms with Crippen molar-refractivity contribution in [1.82, 2.24) is 9.97 Å². The fourth-order valence-corrected chi connectivity index (χ4v) is 3.27. The Hall–Kier alpha value is -4.59. The molecule has 0 saturated heterocycles. The van der Waals surface area contributed by atoms with E-state index in [-0.39, 0.29) is 6.03 Å². The van der Waals surface area contributed by atoms with Crippen LogP contribution in [0.15, 0.2) is 78.9 Å². The van der Waals surface area contributed by atoms with Crippen molar-refractivity contribution in [2.45, 2.75) is 13.8 Å². The summed E-state index contributed by atoms with van der Waals surface area (Å²) in [4.78, 5) is 21.4. The minimum atomic E-state index is -0.362. The van der Waals surface area contributed by atoms with Gasteiger partial charge in [-0.25, -0.2) is 9.78 Å². The van der Waals surface area contributed by atoms with Crippen LogP contribution in [0.25, 0.3) is 0 Å². The van der Waals surface area contributed by atoms with E-state index < -0.39 is 0 Å². The predicted octanol–water partition coefficient (Wildman–Crippen LogP) is 6.23. The largest absolute Gasteiger partial charge is 0.495 e. The molecule has 1 heterocycles. The predicted molar refractivity (Wildman–Crippen MR) is 137 cm³/mol. The average Bonchev–Trinajstić information content (AvgIpc) is 2.82. The average molecular weight is 455 g/mol. The number of carbonyl (C=O) groups excluding carboxylic acids is 1. The Balaban J connectivity index is 1.39. The lowest BCUT2D eigenvalue weighted by atomic mass is 10.2. The molecule has 0 saturated carbocycles. The minimum Gasteiger partial charge on any atom is -0.495 e. The second-order valence-electron chi connectivity index (χ2n) is 7.69. The molecule has 0 fully saturated rings. The highest BCUT2D eigenvalue weighted by Crippen LogP contribution is 2.24. The van der Waals surface area contributed by atoms with Crippen molar-refractivity contribution in [3.05, 3.63) is 90.1 Å². The molecule has 4 rings (SSSR count). The van der Waals surface area contributed by atoms with E-state index in [1.807, 2.05) is 68.4 Å². The standard InChI is InChI=1S/C26H26N6O2/c1-17-8-10-19(11-9-17)28-24-16-18(2)27-25(32-24)29-20-12-14-21(15-13-20)30-26(33)31-22-6-4-5-7-23(22)34-3/h4-16H,1-3H3,(H2,30,31,33)(H2,27,28,29,32). The van der Waals surface area contributed by atoms with Gasteiger partial charge in [-0.3, -0.25) is 0 Å². The lowest BCUT2D eigenvalue weighted by molar-refractivity contribution is 0.262. The van der Waals surface area contributed by atoms with Gasteiger partial charge in [0.25, 0.3) is 0 Å². The number of amides is 2. The zero-order valence-corrected chi connectivity index (χ0v) is 19.2. The minimum absolute atomic E-state index is 0.362. The summed E-state index contributed by atoms with van der Waals surface area (Å²) in [5, 5.41) is 12.1. The van der Waals surface area contributed by atoms with Crippen LogP contribution in [0.3, 0.4) is 0 Å². The van der Waals surface area contributed by atoms with Gasteiger partial charge in [-0.2, -0.15) is 4.98 Å². The van der Waals surface area contributed by atoms with E-state index >= 15 is 0 Å². The second-order valence-corrected chi connectivity index (χ2v) is 7.69. The van der Waals surface area contributed by atoms with E-state index in [1.54, 1.807) is 31.4 Å². The maximum absolute atomic E-state index is 12.3. The summed E-state index contributed by atoms with van der Waals surface area (Å²) in [6.45, 7) is 3.97. The summed E-state index contributed by atoms with van der Waals surface area (Å²) < 4.78 is 5.26. The van der Waals surface area contributed by atoms with Crippen molar-refractivity contribution >= 4 is 40.5 Å². The van der Waals surface area contributed by atoms with Crippen LogP contribution in [0.5, 0.6) is 5.75 Å². The van der Waals surface area contributed by atoms with Crippen LogP contribution >= 0.6 is 0 Å². The summed E-state index contributed by atoms with van der Waals surface area (Å²) in [7, 11) is 1.56. The van der Waals surface area contributed by atoms with Gasteiger partial charge in [-0.05, 0) is 62.4 Å². The zero-order valence-electron chi connectivity index (χ0n) is 19.2. The number of nitrogens with zero attached hydrogens (tertiary/aromatic N) is 2. The van der Waals surface area contributed by atoms with Crippen molar-refractivity contribution in [2.75, 3.05) is 28.4 Å². The zero-order chi connectivity index (χ0) is 23.9. The number of anilines is 6. The maximum Gasteiger partial charge on any atom is 0.323 e. The summed E-state index contributed by atoms with van der Waals surface area (Å²) in [5.41, 5.74) is 5.01. The van der Waals surface area contributed by atoms with Gasteiger partial charge < -0.3 is 26.0 Å². The van der Waals surface area contributed by atoms with Crippen LogP contribution in [0, 0.1) is 13.8 Å². The Kier molecular flexibility index (Phi) is 6.88. The second kappa shape index (κ2) is 10.4. The smallest absolute Gasteiger partial charge is 0.323 e. The van der Waals surface area contributed by atoms with Crippen LogP contribution in [-0.2, 0) is 0 Å². The van der Waals surface area contributed by atoms with E-state index in [1.165, 1.54) is 5.56 Å². The highest BCUT2D eigenvalue weighted by atomic mass is 16.5. The normalized spacial score (nSPS) is 10.3.